The second kappa shape index (κ2) is 6.89. The van der Waals surface area contributed by atoms with Crippen molar-refractivity contribution in [3.63, 3.8) is 0 Å². The number of carbonyl (C=O) groups is 1. The molecular weight excluding hydrogens is 358 g/mol. The minimum Gasteiger partial charge on any atom is -0.477 e. The number of nitrogens with zero attached hydrogens (tertiary/aromatic N) is 2. The maximum absolute atomic E-state index is 12.4. The number of nitrogens with one attached hydrogen (secondary N) is 1. The molecule has 8 nitrogen and oxygen atoms in total. The van der Waals surface area contributed by atoms with E-state index in [1.165, 1.54) is 17.8 Å². The fraction of sp³-hybridized carbons (Fsp3) is 0.0588. The Bertz CT molecular complexity index is 1030. The smallest absolute Gasteiger partial charge is 0.352 e. The van der Waals surface area contributed by atoms with Crippen molar-refractivity contribution in [3.8, 4) is 11.5 Å². The quantitative estimate of drug-likeness (QED) is 0.687. The standard InChI is InChI=1S/C17H15N3O5S/c1-20-11-15(10-16(20)17(21)22)26(23,24)19-12-2-4-13(5-3-12)25-14-6-8-18-9-7-14/h2-11,19H,1H3,(H,21,22). The van der Waals surface area contributed by atoms with Crippen molar-refractivity contribution in [2.75, 3.05) is 4.72 Å². The molecule has 0 aliphatic rings. The average molecular weight is 373 g/mol. The van der Waals surface area contributed by atoms with Gasteiger partial charge in [0.1, 0.15) is 22.1 Å². The number of aromatic carboxylic acids is 1. The van der Waals surface area contributed by atoms with Gasteiger partial charge in [0.2, 0.25) is 0 Å². The molecule has 0 unspecified atom stereocenters. The lowest BCUT2D eigenvalue weighted by molar-refractivity contribution is 0.0686. The van der Waals surface area contributed by atoms with Gasteiger partial charge in [0, 0.05) is 31.3 Å². The second-order valence-corrected chi connectivity index (χ2v) is 7.07. The van der Waals surface area contributed by atoms with Gasteiger partial charge in [-0.3, -0.25) is 9.71 Å². The summed E-state index contributed by atoms with van der Waals surface area (Å²) in [7, 11) is -2.44. The Labute approximate surface area is 149 Å². The van der Waals surface area contributed by atoms with Crippen molar-refractivity contribution in [1.82, 2.24) is 9.55 Å². The third kappa shape index (κ3) is 3.83. The number of aryl methyl sites for hydroxylation is 1. The van der Waals surface area contributed by atoms with Crippen LogP contribution in [-0.2, 0) is 17.1 Å². The van der Waals surface area contributed by atoms with Crippen molar-refractivity contribution < 1.29 is 23.1 Å². The van der Waals surface area contributed by atoms with Gasteiger partial charge in [0.05, 0.1) is 0 Å². The SMILES string of the molecule is Cn1cc(S(=O)(=O)Nc2ccc(Oc3ccncc3)cc2)cc1C(=O)O. The summed E-state index contributed by atoms with van der Waals surface area (Å²) in [4.78, 5) is 14.8. The van der Waals surface area contributed by atoms with E-state index in [0.717, 1.165) is 6.07 Å². The van der Waals surface area contributed by atoms with Crippen LogP contribution in [0.15, 0.2) is 66.0 Å². The molecule has 0 amide bonds. The molecule has 0 bridgehead atoms. The van der Waals surface area contributed by atoms with Crippen LogP contribution in [-0.4, -0.2) is 29.0 Å². The first-order valence-electron chi connectivity index (χ1n) is 7.45. The first-order valence-corrected chi connectivity index (χ1v) is 8.94. The van der Waals surface area contributed by atoms with Crippen LogP contribution < -0.4 is 9.46 Å². The summed E-state index contributed by atoms with van der Waals surface area (Å²) in [5, 5.41) is 9.03. The Morgan fingerprint density at radius 3 is 2.31 bits per heavy atom. The van der Waals surface area contributed by atoms with Crippen molar-refractivity contribution in [2.24, 2.45) is 7.05 Å². The molecule has 0 aliphatic carbocycles. The largest absolute Gasteiger partial charge is 0.477 e. The molecule has 2 heterocycles. The topological polar surface area (TPSA) is 111 Å². The van der Waals surface area contributed by atoms with Crippen LogP contribution in [0.5, 0.6) is 11.5 Å². The molecule has 0 saturated heterocycles. The summed E-state index contributed by atoms with van der Waals surface area (Å²) in [6, 6.07) is 10.8. The number of anilines is 1. The molecule has 0 saturated carbocycles. The minimum atomic E-state index is -3.90. The molecule has 2 aromatic heterocycles. The normalized spacial score (nSPS) is 11.1. The van der Waals surface area contributed by atoms with Crippen molar-refractivity contribution in [1.29, 1.82) is 0 Å². The fourth-order valence-electron chi connectivity index (χ4n) is 2.24. The van der Waals surface area contributed by atoms with E-state index in [2.05, 4.69) is 9.71 Å². The zero-order valence-corrected chi connectivity index (χ0v) is 14.5. The van der Waals surface area contributed by atoms with Crippen LogP contribution in [0.2, 0.25) is 0 Å². The summed E-state index contributed by atoms with van der Waals surface area (Å²) in [6.45, 7) is 0. The molecule has 0 radical (unpaired) electrons. The number of hydrogen-bond donors (Lipinski definition) is 2. The van der Waals surface area contributed by atoms with Crippen LogP contribution in [0, 0.1) is 0 Å². The Morgan fingerprint density at radius 1 is 1.12 bits per heavy atom. The molecule has 1 aromatic carbocycles. The zero-order valence-electron chi connectivity index (χ0n) is 13.7. The maximum atomic E-state index is 12.4. The van der Waals surface area contributed by atoms with E-state index in [1.54, 1.807) is 48.8 Å². The molecule has 0 atom stereocenters. The van der Waals surface area contributed by atoms with E-state index >= 15 is 0 Å². The van der Waals surface area contributed by atoms with Crippen molar-refractivity contribution in [2.45, 2.75) is 4.90 Å². The molecule has 134 valence electrons. The van der Waals surface area contributed by atoms with Gasteiger partial charge in [-0.05, 0) is 42.5 Å². The number of rotatable bonds is 6. The molecule has 2 N–H and O–H groups in total. The first-order chi connectivity index (χ1) is 12.3. The fourth-order valence-corrected chi connectivity index (χ4v) is 3.37. The van der Waals surface area contributed by atoms with Gasteiger partial charge >= 0.3 is 5.97 Å². The maximum Gasteiger partial charge on any atom is 0.352 e. The summed E-state index contributed by atoms with van der Waals surface area (Å²) >= 11 is 0. The predicted octanol–water partition coefficient (Wildman–Crippen LogP) is 2.71. The van der Waals surface area contributed by atoms with Gasteiger partial charge in [-0.15, -0.1) is 0 Å². The zero-order chi connectivity index (χ0) is 18.7. The predicted molar refractivity (Wildman–Crippen MR) is 93.9 cm³/mol. The third-order valence-corrected chi connectivity index (χ3v) is 4.85. The van der Waals surface area contributed by atoms with E-state index in [1.807, 2.05) is 0 Å². The summed E-state index contributed by atoms with van der Waals surface area (Å²) in [5.74, 6) is -0.0580. The van der Waals surface area contributed by atoms with Gasteiger partial charge in [-0.2, -0.15) is 0 Å². The van der Waals surface area contributed by atoms with Crippen LogP contribution >= 0.6 is 0 Å². The summed E-state index contributed by atoms with van der Waals surface area (Å²) in [5.41, 5.74) is 0.208. The van der Waals surface area contributed by atoms with E-state index in [9.17, 15) is 13.2 Å². The minimum absolute atomic E-state index is 0.119. The highest BCUT2D eigenvalue weighted by Gasteiger charge is 2.20. The van der Waals surface area contributed by atoms with Gasteiger partial charge in [-0.1, -0.05) is 0 Å². The van der Waals surface area contributed by atoms with Crippen molar-refractivity contribution in [3.05, 3.63) is 66.7 Å². The summed E-state index contributed by atoms with van der Waals surface area (Å²) in [6.07, 6.45) is 4.44. The summed E-state index contributed by atoms with van der Waals surface area (Å²) < 4.78 is 34.1. The second-order valence-electron chi connectivity index (χ2n) is 5.39. The van der Waals surface area contributed by atoms with Gasteiger partial charge in [0.15, 0.2) is 0 Å². The van der Waals surface area contributed by atoms with Crippen molar-refractivity contribution >= 4 is 21.7 Å². The Balaban J connectivity index is 1.76. The number of carboxylic acids is 1. The molecule has 3 rings (SSSR count). The van der Waals surface area contributed by atoms with Gasteiger partial charge in [0.25, 0.3) is 10.0 Å². The molecule has 9 heteroatoms. The average Bonchev–Trinajstić information content (AvgIpc) is 3.00. The number of ether oxygens (including phenoxy) is 1. The van der Waals surface area contributed by atoms with E-state index in [-0.39, 0.29) is 10.6 Å². The van der Waals surface area contributed by atoms with Crippen LogP contribution in [0.4, 0.5) is 5.69 Å². The molecule has 0 aliphatic heterocycles. The number of sulfonamides is 1. The molecular formula is C17H15N3O5S. The molecule has 0 fully saturated rings. The molecule has 26 heavy (non-hydrogen) atoms. The van der Waals surface area contributed by atoms with E-state index < -0.39 is 16.0 Å². The number of pyridine rings is 1. The Morgan fingerprint density at radius 2 is 1.73 bits per heavy atom. The highest BCUT2D eigenvalue weighted by molar-refractivity contribution is 7.92. The lowest BCUT2D eigenvalue weighted by atomic mass is 10.3. The number of aromatic nitrogens is 2. The highest BCUT2D eigenvalue weighted by atomic mass is 32.2. The van der Waals surface area contributed by atoms with Crippen LogP contribution in [0.1, 0.15) is 10.5 Å². The Hall–Kier alpha value is -3.33. The number of benzene rings is 1. The highest BCUT2D eigenvalue weighted by Crippen LogP contribution is 2.24. The lowest BCUT2D eigenvalue weighted by Gasteiger charge is -2.08. The Kier molecular flexibility index (Phi) is 4.63. The number of carboxylic acid groups (broad SMARTS) is 1. The monoisotopic (exact) mass is 373 g/mol. The van der Waals surface area contributed by atoms with Gasteiger partial charge in [-0.25, -0.2) is 13.2 Å². The van der Waals surface area contributed by atoms with Gasteiger partial charge < -0.3 is 14.4 Å². The lowest BCUT2D eigenvalue weighted by Crippen LogP contribution is -2.12. The first kappa shape index (κ1) is 17.5. The molecule has 3 aromatic rings. The molecule has 0 spiro atoms. The van der Waals surface area contributed by atoms with Crippen LogP contribution in [0.25, 0.3) is 0 Å². The number of hydrogen-bond acceptors (Lipinski definition) is 5. The van der Waals surface area contributed by atoms with E-state index in [0.29, 0.717) is 17.2 Å². The van der Waals surface area contributed by atoms with Crippen LogP contribution in [0.3, 0.4) is 0 Å². The van der Waals surface area contributed by atoms with E-state index in [4.69, 9.17) is 9.84 Å². The third-order valence-electron chi connectivity index (χ3n) is 3.50.